The monoisotopic (exact) mass is 431 g/mol. The van der Waals surface area contributed by atoms with Crippen LogP contribution in [0, 0.1) is 11.6 Å². The van der Waals surface area contributed by atoms with E-state index in [0.717, 1.165) is 33.9 Å². The van der Waals surface area contributed by atoms with Crippen molar-refractivity contribution >= 4 is 17.4 Å². The second kappa shape index (κ2) is 9.10. The number of anilines is 1. The van der Waals surface area contributed by atoms with Crippen molar-refractivity contribution in [2.45, 2.75) is 29.7 Å². The molecule has 1 aromatic heterocycles. The fourth-order valence-corrected chi connectivity index (χ4v) is 4.99. The topological polar surface area (TPSA) is 34.8 Å². The summed E-state index contributed by atoms with van der Waals surface area (Å²) in [6, 6.07) is 13.6. The summed E-state index contributed by atoms with van der Waals surface area (Å²) in [5.74, 6) is 1.27. The van der Waals surface area contributed by atoms with E-state index in [0.29, 0.717) is 31.7 Å². The summed E-state index contributed by atoms with van der Waals surface area (Å²) in [6.45, 7) is 1.71. The first-order valence-electron chi connectivity index (χ1n) is 9.68. The highest BCUT2D eigenvalue weighted by atomic mass is 32.2. The standard InChI is InChI=1S/C23H23F2NO3S/c1-27-14-18-5-4-17(29-18)13-26-10-9-22(19-7-3-15(24)11-20(19)25)30-23-12-16(28-2)6-8-21(23)26/h3-8,11-12,22H,9-10,13-14H2,1-2H3/t22-/m0/s1. The van der Waals surface area contributed by atoms with Crippen molar-refractivity contribution in [3.8, 4) is 5.75 Å². The zero-order valence-corrected chi connectivity index (χ0v) is 17.7. The first-order valence-corrected chi connectivity index (χ1v) is 10.6. The first kappa shape index (κ1) is 20.8. The van der Waals surface area contributed by atoms with Crippen molar-refractivity contribution in [3.63, 3.8) is 0 Å². The molecule has 0 saturated carbocycles. The van der Waals surface area contributed by atoms with Gasteiger partial charge in [-0.05, 0) is 42.8 Å². The number of methoxy groups -OCH3 is 2. The predicted octanol–water partition coefficient (Wildman–Crippen LogP) is 5.96. The summed E-state index contributed by atoms with van der Waals surface area (Å²) in [5.41, 5.74) is 1.55. The fraction of sp³-hybridized carbons (Fsp3) is 0.304. The van der Waals surface area contributed by atoms with Gasteiger partial charge in [-0.3, -0.25) is 0 Å². The number of nitrogens with zero attached hydrogens (tertiary/aromatic N) is 1. The second-order valence-corrected chi connectivity index (χ2v) is 8.36. The molecular weight excluding hydrogens is 408 g/mol. The van der Waals surface area contributed by atoms with Crippen LogP contribution in [-0.2, 0) is 17.9 Å². The van der Waals surface area contributed by atoms with Gasteiger partial charge in [0.25, 0.3) is 0 Å². The van der Waals surface area contributed by atoms with Gasteiger partial charge < -0.3 is 18.8 Å². The molecule has 0 bridgehead atoms. The summed E-state index contributed by atoms with van der Waals surface area (Å²) in [6.07, 6.45) is 0.704. The maximum absolute atomic E-state index is 14.5. The molecule has 0 radical (unpaired) electrons. The normalized spacial score (nSPS) is 16.3. The van der Waals surface area contributed by atoms with E-state index < -0.39 is 11.6 Å². The molecule has 0 unspecified atom stereocenters. The molecule has 1 aliphatic heterocycles. The van der Waals surface area contributed by atoms with E-state index in [4.69, 9.17) is 13.9 Å². The van der Waals surface area contributed by atoms with E-state index in [1.54, 1.807) is 32.0 Å². The lowest BCUT2D eigenvalue weighted by Gasteiger charge is -2.23. The van der Waals surface area contributed by atoms with Crippen molar-refractivity contribution in [2.24, 2.45) is 0 Å². The summed E-state index contributed by atoms with van der Waals surface area (Å²) in [4.78, 5) is 3.21. The van der Waals surface area contributed by atoms with E-state index in [2.05, 4.69) is 4.90 Å². The highest BCUT2D eigenvalue weighted by molar-refractivity contribution is 7.99. The van der Waals surface area contributed by atoms with Crippen LogP contribution in [0.5, 0.6) is 5.75 Å². The molecule has 4 nitrogen and oxygen atoms in total. The van der Waals surface area contributed by atoms with Crippen molar-refractivity contribution in [3.05, 3.63) is 77.2 Å². The van der Waals surface area contributed by atoms with Crippen molar-refractivity contribution in [1.82, 2.24) is 0 Å². The van der Waals surface area contributed by atoms with Crippen molar-refractivity contribution < 1.29 is 22.7 Å². The Morgan fingerprint density at radius 3 is 2.67 bits per heavy atom. The third kappa shape index (κ3) is 4.47. The molecule has 3 aromatic rings. The number of benzene rings is 2. The second-order valence-electron chi connectivity index (χ2n) is 7.12. The summed E-state index contributed by atoms with van der Waals surface area (Å²) in [5, 5.41) is -0.137. The average Bonchev–Trinajstić information content (AvgIpc) is 3.09. The van der Waals surface area contributed by atoms with Gasteiger partial charge in [0, 0.05) is 35.4 Å². The largest absolute Gasteiger partial charge is 0.497 e. The molecule has 7 heteroatoms. The highest BCUT2D eigenvalue weighted by Gasteiger charge is 2.26. The Labute approximate surface area is 178 Å². The van der Waals surface area contributed by atoms with Gasteiger partial charge >= 0.3 is 0 Å². The van der Waals surface area contributed by atoms with Gasteiger partial charge in [0.05, 0.1) is 19.3 Å². The van der Waals surface area contributed by atoms with E-state index in [1.807, 2.05) is 30.3 Å². The minimum atomic E-state index is -0.566. The number of hydrogen-bond donors (Lipinski definition) is 0. The lowest BCUT2D eigenvalue weighted by atomic mass is 10.1. The van der Waals surface area contributed by atoms with Crippen molar-refractivity contribution in [2.75, 3.05) is 25.7 Å². The zero-order valence-electron chi connectivity index (χ0n) is 16.9. The predicted molar refractivity (Wildman–Crippen MR) is 113 cm³/mol. The third-order valence-corrected chi connectivity index (χ3v) is 6.45. The molecule has 1 aliphatic rings. The maximum Gasteiger partial charge on any atom is 0.130 e. The minimum Gasteiger partial charge on any atom is -0.497 e. The molecule has 0 fully saturated rings. The van der Waals surface area contributed by atoms with Crippen LogP contribution in [0.1, 0.15) is 28.8 Å². The van der Waals surface area contributed by atoms with Gasteiger partial charge in [0.1, 0.15) is 35.5 Å². The molecule has 1 atom stereocenters. The number of rotatable bonds is 6. The average molecular weight is 432 g/mol. The quantitative estimate of drug-likeness (QED) is 0.481. The molecule has 0 N–H and O–H groups in total. The molecule has 30 heavy (non-hydrogen) atoms. The van der Waals surface area contributed by atoms with E-state index in [-0.39, 0.29) is 5.25 Å². The van der Waals surface area contributed by atoms with Gasteiger partial charge in [-0.15, -0.1) is 11.8 Å². The first-order chi connectivity index (χ1) is 14.6. The molecular formula is C23H23F2NO3S. The molecule has 4 rings (SSSR count). The van der Waals surface area contributed by atoms with Gasteiger partial charge in [-0.25, -0.2) is 8.78 Å². The van der Waals surface area contributed by atoms with Gasteiger partial charge in [0.15, 0.2) is 0 Å². The third-order valence-electron chi connectivity index (χ3n) is 5.10. The fourth-order valence-electron chi connectivity index (χ4n) is 3.64. The Balaban J connectivity index is 1.65. The van der Waals surface area contributed by atoms with Crippen LogP contribution in [0.3, 0.4) is 0 Å². The molecule has 2 heterocycles. The molecule has 0 aliphatic carbocycles. The molecule has 2 aromatic carbocycles. The lowest BCUT2D eigenvalue weighted by molar-refractivity contribution is 0.162. The van der Waals surface area contributed by atoms with Gasteiger partial charge in [-0.2, -0.15) is 0 Å². The summed E-state index contributed by atoms with van der Waals surface area (Å²) in [7, 11) is 3.25. The van der Waals surface area contributed by atoms with Crippen LogP contribution < -0.4 is 9.64 Å². The Kier molecular flexibility index (Phi) is 6.29. The highest BCUT2D eigenvalue weighted by Crippen LogP contribution is 2.47. The smallest absolute Gasteiger partial charge is 0.130 e. The van der Waals surface area contributed by atoms with Crippen LogP contribution in [0.15, 0.2) is 57.8 Å². The Morgan fingerprint density at radius 1 is 1.07 bits per heavy atom. The van der Waals surface area contributed by atoms with E-state index in [1.165, 1.54) is 6.07 Å². The van der Waals surface area contributed by atoms with E-state index >= 15 is 0 Å². The number of halogens is 2. The Morgan fingerprint density at radius 2 is 1.90 bits per heavy atom. The van der Waals surface area contributed by atoms with Crippen LogP contribution >= 0.6 is 11.8 Å². The number of ether oxygens (including phenoxy) is 2. The van der Waals surface area contributed by atoms with E-state index in [9.17, 15) is 8.78 Å². The molecule has 0 amide bonds. The lowest BCUT2D eigenvalue weighted by Crippen LogP contribution is -2.23. The SMILES string of the molecule is COCc1ccc(CN2CC[C@@H](c3ccc(F)cc3F)Sc3cc(OC)ccc32)o1. The number of hydrogen-bond acceptors (Lipinski definition) is 5. The number of fused-ring (bicyclic) bond motifs is 1. The van der Waals surface area contributed by atoms with Crippen LogP contribution in [-0.4, -0.2) is 20.8 Å². The Bertz CT molecular complexity index is 1020. The van der Waals surface area contributed by atoms with Crippen molar-refractivity contribution in [1.29, 1.82) is 0 Å². The number of thioether (sulfide) groups is 1. The zero-order chi connectivity index (χ0) is 21.1. The minimum absolute atomic E-state index is 0.137. The van der Waals surface area contributed by atoms with Gasteiger partial charge in [-0.1, -0.05) is 6.07 Å². The van der Waals surface area contributed by atoms with Crippen LogP contribution in [0.4, 0.5) is 14.5 Å². The molecule has 158 valence electrons. The van der Waals surface area contributed by atoms with Gasteiger partial charge in [0.2, 0.25) is 0 Å². The summed E-state index contributed by atoms with van der Waals surface area (Å²) < 4.78 is 44.3. The Hall–Kier alpha value is -2.51. The summed E-state index contributed by atoms with van der Waals surface area (Å²) >= 11 is 1.57. The molecule has 0 saturated heterocycles. The van der Waals surface area contributed by atoms with Crippen LogP contribution in [0.25, 0.3) is 0 Å². The number of furan rings is 1. The molecule has 0 spiro atoms. The maximum atomic E-state index is 14.5. The van der Waals surface area contributed by atoms with Crippen LogP contribution in [0.2, 0.25) is 0 Å².